The molecule has 4 rings (SSSR count). The van der Waals surface area contributed by atoms with E-state index in [1.165, 1.54) is 40.7 Å². The Hall–Kier alpha value is -2.32. The van der Waals surface area contributed by atoms with Crippen molar-refractivity contribution < 1.29 is 4.79 Å². The zero-order valence-electron chi connectivity index (χ0n) is 17.7. The van der Waals surface area contributed by atoms with E-state index in [4.69, 9.17) is 5.73 Å². The van der Waals surface area contributed by atoms with E-state index >= 15 is 0 Å². The van der Waals surface area contributed by atoms with Crippen LogP contribution in [0.3, 0.4) is 0 Å². The highest BCUT2D eigenvalue weighted by Crippen LogP contribution is 2.39. The van der Waals surface area contributed by atoms with Crippen LogP contribution in [0.4, 0.5) is 17.2 Å². The zero-order chi connectivity index (χ0) is 21.7. The standard InChI is InChI=1S/C18H20N4S2.C4H9NO/c1-2-10-7-12(19)14(23)8-13(10)22-17-16-11-5-3-4-6-15(11)24-18(16)21-9-20-17;1-3-5(2)4-6/h7-9,23H,2-6,19H2,1H3,(H,20,21,22);4H,3H2,1-2H3. The van der Waals surface area contributed by atoms with Crippen molar-refractivity contribution >= 4 is 57.8 Å². The second-order valence-electron chi connectivity index (χ2n) is 7.34. The number of thiophene rings is 1. The molecule has 0 saturated carbocycles. The summed E-state index contributed by atoms with van der Waals surface area (Å²) >= 11 is 6.28. The van der Waals surface area contributed by atoms with Crippen molar-refractivity contribution in [1.29, 1.82) is 0 Å². The summed E-state index contributed by atoms with van der Waals surface area (Å²) in [7, 11) is 1.74. The van der Waals surface area contributed by atoms with Gasteiger partial charge < -0.3 is 16.0 Å². The molecule has 0 radical (unpaired) electrons. The molecule has 30 heavy (non-hydrogen) atoms. The molecule has 0 unspecified atom stereocenters. The molecule has 1 aromatic carbocycles. The van der Waals surface area contributed by atoms with E-state index in [1.807, 2.05) is 30.4 Å². The molecule has 3 aromatic rings. The van der Waals surface area contributed by atoms with Gasteiger partial charge in [0.2, 0.25) is 6.41 Å². The Bertz CT molecular complexity index is 1030. The molecule has 1 aliphatic carbocycles. The number of carbonyl (C=O) groups is 1. The fourth-order valence-electron chi connectivity index (χ4n) is 3.45. The van der Waals surface area contributed by atoms with E-state index in [0.29, 0.717) is 5.69 Å². The number of carbonyl (C=O) groups excluding carboxylic acids is 1. The van der Waals surface area contributed by atoms with Crippen LogP contribution >= 0.6 is 24.0 Å². The highest BCUT2D eigenvalue weighted by atomic mass is 32.1. The second kappa shape index (κ2) is 10.1. The van der Waals surface area contributed by atoms with Gasteiger partial charge in [-0.2, -0.15) is 0 Å². The molecule has 0 atom stereocenters. The number of rotatable bonds is 5. The largest absolute Gasteiger partial charge is 0.398 e. The van der Waals surface area contributed by atoms with Gasteiger partial charge in [0.1, 0.15) is 17.0 Å². The number of aromatic nitrogens is 2. The van der Waals surface area contributed by atoms with E-state index in [9.17, 15) is 4.79 Å². The number of hydrogen-bond acceptors (Lipinski definition) is 7. The smallest absolute Gasteiger partial charge is 0.209 e. The fraction of sp³-hybridized carbons (Fsp3) is 0.409. The number of nitrogen functional groups attached to an aromatic ring is 1. The topological polar surface area (TPSA) is 84.1 Å². The van der Waals surface area contributed by atoms with Crippen LogP contribution < -0.4 is 11.1 Å². The summed E-state index contributed by atoms with van der Waals surface area (Å²) in [6.07, 6.45) is 8.16. The lowest BCUT2D eigenvalue weighted by Gasteiger charge is -2.15. The Labute approximate surface area is 187 Å². The summed E-state index contributed by atoms with van der Waals surface area (Å²) in [4.78, 5) is 23.6. The fourth-order valence-corrected chi connectivity index (χ4v) is 4.87. The highest BCUT2D eigenvalue weighted by molar-refractivity contribution is 7.80. The molecule has 160 valence electrons. The monoisotopic (exact) mass is 443 g/mol. The number of nitrogens with zero attached hydrogens (tertiary/aromatic N) is 3. The summed E-state index contributed by atoms with van der Waals surface area (Å²) in [5.74, 6) is 0.895. The van der Waals surface area contributed by atoms with Gasteiger partial charge in [-0.15, -0.1) is 24.0 Å². The summed E-state index contributed by atoms with van der Waals surface area (Å²) in [5, 5.41) is 4.71. The number of nitrogens with two attached hydrogens (primary N) is 1. The number of anilines is 3. The molecule has 2 aromatic heterocycles. The van der Waals surface area contributed by atoms with Gasteiger partial charge >= 0.3 is 0 Å². The van der Waals surface area contributed by atoms with Crippen LogP contribution in [0.1, 0.15) is 42.7 Å². The number of nitrogens with one attached hydrogen (secondary N) is 1. The van der Waals surface area contributed by atoms with Gasteiger partial charge in [0.15, 0.2) is 0 Å². The van der Waals surface area contributed by atoms with E-state index in [1.54, 1.807) is 18.3 Å². The van der Waals surface area contributed by atoms with Gasteiger partial charge in [0.05, 0.1) is 5.39 Å². The molecular weight excluding hydrogens is 414 g/mol. The maximum atomic E-state index is 9.66. The third-order valence-electron chi connectivity index (χ3n) is 5.32. The quantitative estimate of drug-likeness (QED) is 0.298. The van der Waals surface area contributed by atoms with Gasteiger partial charge in [0.25, 0.3) is 0 Å². The van der Waals surface area contributed by atoms with Crippen LogP contribution in [0.25, 0.3) is 10.2 Å². The van der Waals surface area contributed by atoms with Crippen LogP contribution in [-0.4, -0.2) is 34.9 Å². The Morgan fingerprint density at radius 3 is 2.70 bits per heavy atom. The minimum Gasteiger partial charge on any atom is -0.398 e. The van der Waals surface area contributed by atoms with Crippen molar-refractivity contribution in [3.8, 4) is 0 Å². The molecule has 0 spiro atoms. The Morgan fingerprint density at radius 1 is 1.27 bits per heavy atom. The van der Waals surface area contributed by atoms with Crippen LogP contribution in [0.15, 0.2) is 23.4 Å². The predicted octanol–water partition coefficient (Wildman–Crippen LogP) is 4.84. The molecule has 0 aliphatic heterocycles. The molecule has 1 amide bonds. The van der Waals surface area contributed by atoms with Crippen molar-refractivity contribution in [3.63, 3.8) is 0 Å². The van der Waals surface area contributed by atoms with Crippen molar-refractivity contribution in [2.75, 3.05) is 24.6 Å². The third kappa shape index (κ3) is 4.87. The first kappa shape index (κ1) is 22.4. The first-order valence-corrected chi connectivity index (χ1v) is 11.5. The minimum atomic E-state index is 0.710. The molecule has 2 heterocycles. The number of thiol groups is 1. The molecule has 1 aliphatic rings. The minimum absolute atomic E-state index is 0.710. The van der Waals surface area contributed by atoms with Gasteiger partial charge in [-0.3, -0.25) is 4.79 Å². The molecule has 0 fully saturated rings. The molecule has 6 nitrogen and oxygen atoms in total. The number of fused-ring (bicyclic) bond motifs is 3. The lowest BCUT2D eigenvalue weighted by Crippen LogP contribution is -2.13. The Balaban J connectivity index is 0.000000377. The van der Waals surface area contributed by atoms with Gasteiger partial charge in [-0.25, -0.2) is 9.97 Å². The first-order valence-electron chi connectivity index (χ1n) is 10.3. The summed E-state index contributed by atoms with van der Waals surface area (Å²) in [5.41, 5.74) is 10.3. The number of amides is 1. The van der Waals surface area contributed by atoms with E-state index < -0.39 is 0 Å². The van der Waals surface area contributed by atoms with Crippen LogP contribution in [-0.2, 0) is 24.1 Å². The van der Waals surface area contributed by atoms with E-state index in [0.717, 1.165) is 47.0 Å². The van der Waals surface area contributed by atoms with Crippen molar-refractivity contribution in [2.45, 2.75) is 50.8 Å². The van der Waals surface area contributed by atoms with Crippen LogP contribution in [0.2, 0.25) is 0 Å². The molecule has 8 heteroatoms. The highest BCUT2D eigenvalue weighted by Gasteiger charge is 2.20. The van der Waals surface area contributed by atoms with Crippen molar-refractivity contribution in [2.24, 2.45) is 0 Å². The van der Waals surface area contributed by atoms with Crippen molar-refractivity contribution in [1.82, 2.24) is 14.9 Å². The first-order chi connectivity index (χ1) is 14.5. The lowest BCUT2D eigenvalue weighted by atomic mass is 9.97. The van der Waals surface area contributed by atoms with Gasteiger partial charge in [0, 0.05) is 34.7 Å². The average molecular weight is 444 g/mol. The van der Waals surface area contributed by atoms with Crippen LogP contribution in [0, 0.1) is 0 Å². The van der Waals surface area contributed by atoms with Crippen LogP contribution in [0.5, 0.6) is 0 Å². The lowest BCUT2D eigenvalue weighted by molar-refractivity contribution is -0.116. The summed E-state index contributed by atoms with van der Waals surface area (Å²) < 4.78 is 0. The molecule has 3 N–H and O–H groups in total. The SMILES string of the molecule is CCN(C)C=O.CCc1cc(N)c(S)cc1Nc1ncnc2sc3c(c12)CCCC3. The average Bonchev–Trinajstić information content (AvgIpc) is 3.15. The maximum absolute atomic E-state index is 9.66. The normalized spacial score (nSPS) is 12.7. The van der Waals surface area contributed by atoms with Gasteiger partial charge in [-0.05, 0) is 62.3 Å². The molecular formula is C22H29N5OS2. The maximum Gasteiger partial charge on any atom is 0.209 e. The van der Waals surface area contributed by atoms with Crippen molar-refractivity contribution in [3.05, 3.63) is 34.5 Å². The summed E-state index contributed by atoms with van der Waals surface area (Å²) in [6.45, 7) is 4.85. The Kier molecular flexibility index (Phi) is 7.55. The number of benzene rings is 1. The zero-order valence-corrected chi connectivity index (χ0v) is 19.4. The van der Waals surface area contributed by atoms with E-state index in [2.05, 4.69) is 34.8 Å². The van der Waals surface area contributed by atoms with E-state index in [-0.39, 0.29) is 0 Å². The van der Waals surface area contributed by atoms with Gasteiger partial charge in [-0.1, -0.05) is 6.92 Å². The molecule has 0 bridgehead atoms. The second-order valence-corrected chi connectivity index (χ2v) is 8.90. The number of hydrogen-bond donors (Lipinski definition) is 3. The molecule has 0 saturated heterocycles. The predicted molar refractivity (Wildman–Crippen MR) is 129 cm³/mol. The number of aryl methyl sites for hydroxylation is 3. The third-order valence-corrected chi connectivity index (χ3v) is 6.90. The summed E-state index contributed by atoms with van der Waals surface area (Å²) in [6, 6.07) is 3.98. The Morgan fingerprint density at radius 2 is 2.03 bits per heavy atom.